The Morgan fingerprint density at radius 2 is 1.68 bits per heavy atom. The van der Waals surface area contributed by atoms with E-state index in [2.05, 4.69) is 5.32 Å². The molecule has 3 N–H and O–H groups in total. The van der Waals surface area contributed by atoms with Crippen LogP contribution in [0.4, 0.5) is 0 Å². The van der Waals surface area contributed by atoms with Crippen LogP contribution in [-0.2, 0) is 9.59 Å². The van der Waals surface area contributed by atoms with Crippen LogP contribution in [0.3, 0.4) is 0 Å². The van der Waals surface area contributed by atoms with Crippen LogP contribution in [-0.4, -0.2) is 58.1 Å². The van der Waals surface area contributed by atoms with Crippen LogP contribution in [0.1, 0.15) is 16.8 Å². The quantitative estimate of drug-likeness (QED) is 0.690. The molecule has 0 radical (unpaired) electrons. The largest absolute Gasteiger partial charge is 0.480 e. The van der Waals surface area contributed by atoms with E-state index in [4.69, 9.17) is 9.84 Å². The maximum atomic E-state index is 12.2. The third-order valence-electron chi connectivity index (χ3n) is 4.38. The van der Waals surface area contributed by atoms with Gasteiger partial charge in [0.2, 0.25) is 5.91 Å². The molecule has 1 aliphatic rings. The molecule has 0 bridgehead atoms. The Morgan fingerprint density at radius 3 is 2.32 bits per heavy atom. The normalized spacial score (nSPS) is 18.5. The van der Waals surface area contributed by atoms with Crippen molar-refractivity contribution in [1.82, 2.24) is 10.2 Å². The number of carboxylic acids is 1. The van der Waals surface area contributed by atoms with E-state index in [1.807, 2.05) is 30.3 Å². The molecule has 1 fully saturated rings. The number of ether oxygens (including phenoxy) is 1. The third kappa shape index (κ3) is 4.66. The van der Waals surface area contributed by atoms with Crippen molar-refractivity contribution in [2.75, 3.05) is 13.1 Å². The van der Waals surface area contributed by atoms with Crippen LogP contribution in [0.5, 0.6) is 11.5 Å². The minimum atomic E-state index is -1.18. The Morgan fingerprint density at radius 1 is 1.04 bits per heavy atom. The van der Waals surface area contributed by atoms with Gasteiger partial charge < -0.3 is 25.2 Å². The van der Waals surface area contributed by atoms with Crippen LogP contribution in [0, 0.1) is 0 Å². The van der Waals surface area contributed by atoms with E-state index < -0.39 is 29.9 Å². The van der Waals surface area contributed by atoms with Crippen LogP contribution < -0.4 is 10.1 Å². The fourth-order valence-corrected chi connectivity index (χ4v) is 2.98. The van der Waals surface area contributed by atoms with E-state index in [1.54, 1.807) is 24.3 Å². The predicted molar refractivity (Wildman–Crippen MR) is 99.1 cm³/mol. The Labute approximate surface area is 161 Å². The van der Waals surface area contributed by atoms with Gasteiger partial charge in [-0.2, -0.15) is 0 Å². The predicted octanol–water partition coefficient (Wildman–Crippen LogP) is 1.26. The van der Waals surface area contributed by atoms with Crippen molar-refractivity contribution in [3.63, 3.8) is 0 Å². The van der Waals surface area contributed by atoms with Crippen LogP contribution >= 0.6 is 0 Å². The number of nitrogens with one attached hydrogen (secondary N) is 1. The second-order valence-corrected chi connectivity index (χ2v) is 6.41. The maximum absolute atomic E-state index is 12.2. The van der Waals surface area contributed by atoms with Gasteiger partial charge in [0, 0.05) is 18.5 Å². The highest BCUT2D eigenvalue weighted by Crippen LogP contribution is 2.21. The molecule has 146 valence electrons. The molecule has 0 aliphatic carbocycles. The SMILES string of the molecule is O=C(NCC(=O)N1C[C@H](O)C[C@H]1C(=O)O)c1ccc(Oc2ccccc2)cc1. The van der Waals surface area contributed by atoms with Crippen molar-refractivity contribution >= 4 is 17.8 Å². The van der Waals surface area contributed by atoms with Crippen LogP contribution in [0.2, 0.25) is 0 Å². The lowest BCUT2D eigenvalue weighted by Gasteiger charge is -2.21. The Balaban J connectivity index is 1.54. The fraction of sp³-hybridized carbons (Fsp3) is 0.250. The lowest BCUT2D eigenvalue weighted by molar-refractivity contribution is -0.147. The van der Waals surface area contributed by atoms with Gasteiger partial charge in [0.05, 0.1) is 12.6 Å². The number of aliphatic hydroxyl groups is 1. The summed E-state index contributed by atoms with van der Waals surface area (Å²) in [6.07, 6.45) is -0.893. The number of rotatable bonds is 6. The molecular formula is C20H20N2O6. The zero-order chi connectivity index (χ0) is 20.1. The fourth-order valence-electron chi connectivity index (χ4n) is 2.98. The summed E-state index contributed by atoms with van der Waals surface area (Å²) in [6.45, 7) is -0.408. The van der Waals surface area contributed by atoms with E-state index in [0.717, 1.165) is 4.90 Å². The molecule has 28 heavy (non-hydrogen) atoms. The first-order chi connectivity index (χ1) is 13.4. The number of carbonyl (C=O) groups is 3. The molecule has 0 unspecified atom stereocenters. The van der Waals surface area contributed by atoms with Gasteiger partial charge in [-0.25, -0.2) is 4.79 Å². The zero-order valence-electron chi connectivity index (χ0n) is 14.9. The van der Waals surface area contributed by atoms with Crippen molar-refractivity contribution in [2.45, 2.75) is 18.6 Å². The number of likely N-dealkylation sites (tertiary alicyclic amines) is 1. The number of hydrogen-bond acceptors (Lipinski definition) is 5. The monoisotopic (exact) mass is 384 g/mol. The molecule has 2 aromatic carbocycles. The summed E-state index contributed by atoms with van der Waals surface area (Å²) in [5.74, 6) is -0.960. The summed E-state index contributed by atoms with van der Waals surface area (Å²) in [4.78, 5) is 36.7. The smallest absolute Gasteiger partial charge is 0.326 e. The molecular weight excluding hydrogens is 364 g/mol. The number of carbonyl (C=O) groups excluding carboxylic acids is 2. The summed E-state index contributed by atoms with van der Waals surface area (Å²) >= 11 is 0. The van der Waals surface area contributed by atoms with Crippen LogP contribution in [0.25, 0.3) is 0 Å². The van der Waals surface area contributed by atoms with Crippen LogP contribution in [0.15, 0.2) is 54.6 Å². The third-order valence-corrected chi connectivity index (χ3v) is 4.38. The number of para-hydroxylation sites is 1. The molecule has 2 aromatic rings. The Kier molecular flexibility index (Phi) is 5.90. The standard InChI is InChI=1S/C20H20N2O6/c23-14-10-17(20(26)27)22(12-14)18(24)11-21-19(25)13-6-8-16(9-7-13)28-15-4-2-1-3-5-15/h1-9,14,17,23H,10-12H2,(H,21,25)(H,26,27)/t14-,17+/m1/s1. The second kappa shape index (κ2) is 8.53. The average molecular weight is 384 g/mol. The van der Waals surface area contributed by atoms with E-state index in [9.17, 15) is 19.5 Å². The van der Waals surface area contributed by atoms with Gasteiger partial charge >= 0.3 is 5.97 Å². The molecule has 8 heteroatoms. The van der Waals surface area contributed by atoms with Crippen molar-refractivity contribution in [1.29, 1.82) is 0 Å². The summed E-state index contributed by atoms with van der Waals surface area (Å²) in [5, 5.41) is 21.2. The van der Waals surface area contributed by atoms with Gasteiger partial charge in [-0.15, -0.1) is 0 Å². The van der Waals surface area contributed by atoms with E-state index >= 15 is 0 Å². The molecule has 2 atom stereocenters. The first-order valence-electron chi connectivity index (χ1n) is 8.75. The van der Waals surface area contributed by atoms with Crippen molar-refractivity contribution in [3.8, 4) is 11.5 Å². The van der Waals surface area contributed by atoms with E-state index in [0.29, 0.717) is 17.1 Å². The Bertz CT molecular complexity index is 853. The number of amides is 2. The van der Waals surface area contributed by atoms with E-state index in [1.165, 1.54) is 0 Å². The Hall–Kier alpha value is -3.39. The van der Waals surface area contributed by atoms with Gasteiger partial charge in [-0.05, 0) is 36.4 Å². The molecule has 1 heterocycles. The molecule has 0 aromatic heterocycles. The molecule has 8 nitrogen and oxygen atoms in total. The summed E-state index contributed by atoms with van der Waals surface area (Å²) in [7, 11) is 0. The minimum Gasteiger partial charge on any atom is -0.480 e. The topological polar surface area (TPSA) is 116 Å². The minimum absolute atomic E-state index is 0.0160. The highest BCUT2D eigenvalue weighted by molar-refractivity contribution is 5.97. The molecule has 3 rings (SSSR count). The molecule has 1 aliphatic heterocycles. The molecule has 1 saturated heterocycles. The molecule has 2 amide bonds. The lowest BCUT2D eigenvalue weighted by Crippen LogP contribution is -2.45. The highest BCUT2D eigenvalue weighted by Gasteiger charge is 2.38. The molecule has 0 saturated carbocycles. The number of aliphatic hydroxyl groups excluding tert-OH is 1. The number of nitrogens with zero attached hydrogens (tertiary/aromatic N) is 1. The zero-order valence-corrected chi connectivity index (χ0v) is 14.9. The number of benzene rings is 2. The van der Waals surface area contributed by atoms with Gasteiger partial charge in [-0.1, -0.05) is 18.2 Å². The summed E-state index contributed by atoms with van der Waals surface area (Å²) < 4.78 is 5.65. The summed E-state index contributed by atoms with van der Waals surface area (Å²) in [6, 6.07) is 14.5. The van der Waals surface area contributed by atoms with Gasteiger partial charge in [0.15, 0.2) is 0 Å². The average Bonchev–Trinajstić information content (AvgIpc) is 3.09. The van der Waals surface area contributed by atoms with Gasteiger partial charge in [0.25, 0.3) is 5.91 Å². The lowest BCUT2D eigenvalue weighted by atomic mass is 10.2. The van der Waals surface area contributed by atoms with Crippen molar-refractivity contribution in [2.24, 2.45) is 0 Å². The van der Waals surface area contributed by atoms with Crippen molar-refractivity contribution < 1.29 is 29.3 Å². The van der Waals surface area contributed by atoms with E-state index in [-0.39, 0.29) is 19.5 Å². The first-order valence-corrected chi connectivity index (χ1v) is 8.75. The maximum Gasteiger partial charge on any atom is 0.326 e. The molecule has 0 spiro atoms. The number of β-amino-alcohol motifs (C(OH)–C–C–N with tert-alkyl or cyclic N) is 1. The number of carboxylic acid groups (broad SMARTS) is 1. The first kappa shape index (κ1) is 19.4. The van der Waals surface area contributed by atoms with Gasteiger partial charge in [-0.3, -0.25) is 9.59 Å². The van der Waals surface area contributed by atoms with Crippen molar-refractivity contribution in [3.05, 3.63) is 60.2 Å². The van der Waals surface area contributed by atoms with Gasteiger partial charge in [0.1, 0.15) is 17.5 Å². The number of hydrogen-bond donors (Lipinski definition) is 3. The highest BCUT2D eigenvalue weighted by atomic mass is 16.5. The summed E-state index contributed by atoms with van der Waals surface area (Å²) in [5.41, 5.74) is 0.337. The second-order valence-electron chi connectivity index (χ2n) is 6.41. The number of aliphatic carboxylic acids is 1.